The fraction of sp³-hybridized carbons (Fsp3) is 0.647. The van der Waals surface area contributed by atoms with Crippen LogP contribution in [-0.4, -0.2) is 14.2 Å². The number of benzene rings is 1. The smallest absolute Gasteiger partial charge is 0.178 e. The highest BCUT2D eigenvalue weighted by atomic mass is 32.2. The molecule has 0 aromatic heterocycles. The lowest BCUT2D eigenvalue weighted by molar-refractivity contribution is 0.331. The molecule has 1 aromatic carbocycles. The first-order valence-electron chi connectivity index (χ1n) is 7.40. The average molecular weight is 294 g/mol. The Bertz CT molecular complexity index is 637. The SMILES string of the molecule is CCS(=O)(=O)c1cc2c(cc1C)C(C)(C)CCC2(C)C. The molecule has 0 aliphatic heterocycles. The number of rotatable bonds is 2. The molecule has 0 N–H and O–H groups in total. The van der Waals surface area contributed by atoms with Crippen molar-refractivity contribution in [2.24, 2.45) is 0 Å². The molecular formula is C17H26O2S. The molecule has 112 valence electrons. The number of hydrogen-bond donors (Lipinski definition) is 0. The third-order valence-electron chi connectivity index (χ3n) is 4.86. The molecule has 1 aliphatic carbocycles. The minimum Gasteiger partial charge on any atom is -0.224 e. The van der Waals surface area contributed by atoms with Gasteiger partial charge in [0.25, 0.3) is 0 Å². The van der Waals surface area contributed by atoms with E-state index in [1.165, 1.54) is 11.1 Å². The summed E-state index contributed by atoms with van der Waals surface area (Å²) in [6, 6.07) is 4.06. The standard InChI is InChI=1S/C17H26O2S/c1-7-20(18,19)15-11-14-13(10-12(15)2)16(3,4)8-9-17(14,5)6/h10-11H,7-9H2,1-6H3. The van der Waals surface area contributed by atoms with Gasteiger partial charge in [-0.2, -0.15) is 0 Å². The Balaban J connectivity index is 2.77. The summed E-state index contributed by atoms with van der Waals surface area (Å²) in [5.41, 5.74) is 3.60. The van der Waals surface area contributed by atoms with E-state index in [0.29, 0.717) is 4.90 Å². The van der Waals surface area contributed by atoms with E-state index in [0.717, 1.165) is 18.4 Å². The van der Waals surface area contributed by atoms with Gasteiger partial charge < -0.3 is 0 Å². The van der Waals surface area contributed by atoms with Crippen molar-refractivity contribution in [3.8, 4) is 0 Å². The van der Waals surface area contributed by atoms with Gasteiger partial charge in [-0.25, -0.2) is 8.42 Å². The second-order valence-electron chi connectivity index (χ2n) is 7.33. The molecule has 2 nitrogen and oxygen atoms in total. The maximum absolute atomic E-state index is 12.3. The molecule has 0 atom stereocenters. The van der Waals surface area contributed by atoms with E-state index < -0.39 is 9.84 Å². The summed E-state index contributed by atoms with van der Waals surface area (Å²) in [5, 5.41) is 0. The highest BCUT2D eigenvalue weighted by molar-refractivity contribution is 7.91. The molecule has 0 unspecified atom stereocenters. The molecule has 3 heteroatoms. The maximum Gasteiger partial charge on any atom is 0.178 e. The lowest BCUT2D eigenvalue weighted by atomic mass is 9.63. The van der Waals surface area contributed by atoms with Gasteiger partial charge in [-0.1, -0.05) is 40.7 Å². The summed E-state index contributed by atoms with van der Waals surface area (Å²) in [4.78, 5) is 0.518. The van der Waals surface area contributed by atoms with E-state index in [2.05, 4.69) is 33.8 Å². The molecule has 20 heavy (non-hydrogen) atoms. The normalized spacial score (nSPS) is 20.5. The number of fused-ring (bicyclic) bond motifs is 1. The van der Waals surface area contributed by atoms with Gasteiger partial charge in [-0.05, 0) is 53.4 Å². The molecule has 0 heterocycles. The highest BCUT2D eigenvalue weighted by Crippen LogP contribution is 2.46. The van der Waals surface area contributed by atoms with Gasteiger partial charge in [0.1, 0.15) is 0 Å². The molecule has 0 amide bonds. The van der Waals surface area contributed by atoms with Crippen LogP contribution in [0.15, 0.2) is 17.0 Å². The fourth-order valence-electron chi connectivity index (χ4n) is 3.19. The largest absolute Gasteiger partial charge is 0.224 e. The number of hydrogen-bond acceptors (Lipinski definition) is 2. The molecule has 0 fully saturated rings. The summed E-state index contributed by atoms with van der Waals surface area (Å²) < 4.78 is 24.6. The van der Waals surface area contributed by atoms with Gasteiger partial charge in [0.15, 0.2) is 9.84 Å². The zero-order chi connectivity index (χ0) is 15.3. The van der Waals surface area contributed by atoms with Crippen LogP contribution in [0.2, 0.25) is 0 Å². The predicted molar refractivity (Wildman–Crippen MR) is 84.2 cm³/mol. The number of sulfone groups is 1. The maximum atomic E-state index is 12.3. The van der Waals surface area contributed by atoms with Gasteiger partial charge in [0.2, 0.25) is 0 Å². The Morgan fingerprint density at radius 3 is 1.90 bits per heavy atom. The second kappa shape index (κ2) is 4.59. The van der Waals surface area contributed by atoms with Crippen LogP contribution in [0.5, 0.6) is 0 Å². The second-order valence-corrected chi connectivity index (χ2v) is 9.58. The van der Waals surface area contributed by atoms with E-state index in [9.17, 15) is 8.42 Å². The van der Waals surface area contributed by atoms with Crippen molar-refractivity contribution in [1.82, 2.24) is 0 Å². The van der Waals surface area contributed by atoms with Crippen LogP contribution < -0.4 is 0 Å². The average Bonchev–Trinajstić information content (AvgIpc) is 2.34. The molecule has 0 spiro atoms. The van der Waals surface area contributed by atoms with Crippen LogP contribution in [0, 0.1) is 6.92 Å². The Kier molecular flexibility index (Phi) is 3.57. The molecule has 2 rings (SSSR count). The Morgan fingerprint density at radius 1 is 1.00 bits per heavy atom. The van der Waals surface area contributed by atoms with E-state index in [1.54, 1.807) is 6.92 Å². The first-order chi connectivity index (χ1) is 9.01. The molecule has 1 aliphatic rings. The summed E-state index contributed by atoms with van der Waals surface area (Å²) in [6.07, 6.45) is 2.24. The van der Waals surface area contributed by atoms with Crippen LogP contribution in [0.1, 0.15) is 64.2 Å². The van der Waals surface area contributed by atoms with Crippen molar-refractivity contribution in [1.29, 1.82) is 0 Å². The Morgan fingerprint density at radius 2 is 1.45 bits per heavy atom. The van der Waals surface area contributed by atoms with Gasteiger partial charge in [0, 0.05) is 0 Å². The molecule has 0 saturated carbocycles. The van der Waals surface area contributed by atoms with Crippen LogP contribution in [0.4, 0.5) is 0 Å². The minimum atomic E-state index is -3.15. The van der Waals surface area contributed by atoms with Crippen molar-refractivity contribution in [2.45, 2.75) is 70.1 Å². The van der Waals surface area contributed by atoms with Gasteiger partial charge in [0.05, 0.1) is 10.6 Å². The third kappa shape index (κ3) is 2.41. The zero-order valence-corrected chi connectivity index (χ0v) is 14.3. The monoisotopic (exact) mass is 294 g/mol. The minimum absolute atomic E-state index is 0.0521. The van der Waals surface area contributed by atoms with E-state index in [1.807, 2.05) is 13.0 Å². The Hall–Kier alpha value is -0.830. The zero-order valence-electron chi connectivity index (χ0n) is 13.5. The van der Waals surface area contributed by atoms with Crippen LogP contribution in [0.3, 0.4) is 0 Å². The molecule has 1 aromatic rings. The van der Waals surface area contributed by atoms with Gasteiger partial charge in [-0.3, -0.25) is 0 Å². The van der Waals surface area contributed by atoms with Crippen LogP contribution >= 0.6 is 0 Å². The molecule has 0 bridgehead atoms. The molecule has 0 saturated heterocycles. The molecule has 0 radical (unpaired) electrons. The van der Waals surface area contributed by atoms with Crippen molar-refractivity contribution in [3.63, 3.8) is 0 Å². The van der Waals surface area contributed by atoms with Gasteiger partial charge in [-0.15, -0.1) is 0 Å². The first-order valence-corrected chi connectivity index (χ1v) is 9.05. The lowest BCUT2D eigenvalue weighted by Gasteiger charge is -2.42. The molecular weight excluding hydrogens is 268 g/mol. The van der Waals surface area contributed by atoms with E-state index in [-0.39, 0.29) is 16.6 Å². The highest BCUT2D eigenvalue weighted by Gasteiger charge is 2.38. The lowest BCUT2D eigenvalue weighted by Crippen LogP contribution is -2.34. The third-order valence-corrected chi connectivity index (χ3v) is 6.73. The predicted octanol–water partition coefficient (Wildman–Crippen LogP) is 4.14. The van der Waals surface area contributed by atoms with Crippen molar-refractivity contribution < 1.29 is 8.42 Å². The fourth-order valence-corrected chi connectivity index (χ4v) is 4.35. The first kappa shape index (κ1) is 15.6. The van der Waals surface area contributed by atoms with Crippen LogP contribution in [0.25, 0.3) is 0 Å². The summed E-state index contributed by atoms with van der Waals surface area (Å²) >= 11 is 0. The summed E-state index contributed by atoms with van der Waals surface area (Å²) in [5.74, 6) is 0.163. The van der Waals surface area contributed by atoms with E-state index in [4.69, 9.17) is 0 Å². The van der Waals surface area contributed by atoms with Crippen LogP contribution in [-0.2, 0) is 20.7 Å². The Labute approximate surface area is 123 Å². The van der Waals surface area contributed by atoms with E-state index >= 15 is 0 Å². The van der Waals surface area contributed by atoms with Crippen molar-refractivity contribution in [3.05, 3.63) is 28.8 Å². The number of aryl methyl sites for hydroxylation is 1. The summed E-state index contributed by atoms with van der Waals surface area (Å²) in [6.45, 7) is 12.6. The van der Waals surface area contributed by atoms with Crippen molar-refractivity contribution >= 4 is 9.84 Å². The van der Waals surface area contributed by atoms with Gasteiger partial charge >= 0.3 is 0 Å². The summed E-state index contributed by atoms with van der Waals surface area (Å²) in [7, 11) is -3.15. The van der Waals surface area contributed by atoms with Crippen molar-refractivity contribution in [2.75, 3.05) is 5.75 Å². The topological polar surface area (TPSA) is 34.1 Å². The quantitative estimate of drug-likeness (QED) is 0.821.